The first-order chi connectivity index (χ1) is 18.6. The Morgan fingerprint density at radius 3 is 2.77 bits per heavy atom. The Kier molecular flexibility index (Phi) is 10.4. The Labute approximate surface area is 251 Å². The molecule has 2 aromatic rings. The number of benzene rings is 1. The van der Waals surface area contributed by atoms with Crippen molar-refractivity contribution in [3.8, 4) is 11.3 Å². The molecular formula is C27H35ClIN5O4S. The van der Waals surface area contributed by atoms with E-state index in [4.69, 9.17) is 21.1 Å². The summed E-state index contributed by atoms with van der Waals surface area (Å²) >= 11 is 8.76. The summed E-state index contributed by atoms with van der Waals surface area (Å²) in [7, 11) is 3.43. The van der Waals surface area contributed by atoms with Gasteiger partial charge in [-0.25, -0.2) is 9.97 Å². The van der Waals surface area contributed by atoms with E-state index in [0.29, 0.717) is 54.2 Å². The van der Waals surface area contributed by atoms with E-state index in [2.05, 4.69) is 36.5 Å². The van der Waals surface area contributed by atoms with Crippen LogP contribution in [0.4, 0.5) is 5.95 Å². The van der Waals surface area contributed by atoms with E-state index >= 15 is 0 Å². The second kappa shape index (κ2) is 13.3. The summed E-state index contributed by atoms with van der Waals surface area (Å²) in [6.07, 6.45) is 3.34. The predicted molar refractivity (Wildman–Crippen MR) is 164 cm³/mol. The molecule has 0 spiro atoms. The van der Waals surface area contributed by atoms with Gasteiger partial charge in [-0.15, -0.1) is 0 Å². The minimum atomic E-state index is -0.358. The van der Waals surface area contributed by atoms with E-state index in [1.165, 1.54) is 0 Å². The predicted octanol–water partition coefficient (Wildman–Crippen LogP) is 5.24. The van der Waals surface area contributed by atoms with E-state index in [-0.39, 0.29) is 36.0 Å². The number of hydrogen-bond donors (Lipinski definition) is 1. The van der Waals surface area contributed by atoms with Crippen molar-refractivity contribution < 1.29 is 19.1 Å². The van der Waals surface area contributed by atoms with Crippen LogP contribution in [-0.2, 0) is 14.3 Å². The number of hydrogen-bond acceptors (Lipinski definition) is 8. The van der Waals surface area contributed by atoms with Crippen molar-refractivity contribution in [2.45, 2.75) is 51.2 Å². The Balaban J connectivity index is 1.61. The van der Waals surface area contributed by atoms with Crippen LogP contribution in [0.3, 0.4) is 0 Å². The Morgan fingerprint density at radius 2 is 2.08 bits per heavy atom. The van der Waals surface area contributed by atoms with Crippen molar-refractivity contribution in [3.63, 3.8) is 0 Å². The molecule has 1 saturated heterocycles. The number of amides is 2. The molecule has 1 fully saturated rings. The fourth-order valence-electron chi connectivity index (χ4n) is 4.58. The lowest BCUT2D eigenvalue weighted by Crippen LogP contribution is -2.48. The Morgan fingerprint density at radius 1 is 1.33 bits per heavy atom. The maximum Gasteiger partial charge on any atom is 0.255 e. The lowest BCUT2D eigenvalue weighted by atomic mass is 10.0. The van der Waals surface area contributed by atoms with Gasteiger partial charge in [0, 0.05) is 48.7 Å². The third-order valence-electron chi connectivity index (χ3n) is 7.12. The highest BCUT2D eigenvalue weighted by Gasteiger charge is 2.39. The number of aromatic nitrogens is 2. The molecule has 0 saturated carbocycles. The second-order valence-corrected chi connectivity index (χ2v) is 13.6. The summed E-state index contributed by atoms with van der Waals surface area (Å²) in [6.45, 7) is 8.17. The molecule has 2 amide bonds. The van der Waals surface area contributed by atoms with Crippen molar-refractivity contribution in [1.29, 1.82) is 0 Å². The first kappa shape index (κ1) is 30.3. The molecule has 0 aliphatic carbocycles. The van der Waals surface area contributed by atoms with Crippen LogP contribution in [0.15, 0.2) is 24.4 Å². The van der Waals surface area contributed by atoms with Gasteiger partial charge in [-0.2, -0.15) is 0 Å². The van der Waals surface area contributed by atoms with Crippen LogP contribution in [-0.4, -0.2) is 88.9 Å². The van der Waals surface area contributed by atoms with Crippen molar-refractivity contribution in [1.82, 2.24) is 19.8 Å². The standard InChI is InChI=1S/C27H35ClIN5O4S/c1-27(2,3)33(4)23(35)15-34-22(16-38-11-12-39-29)19-6-5-17(13-20(19)25(34)36)24-21(28)14-30-26(32-24)31-18-7-9-37-10-8-18/h5-6,13-14,18,22H,7-12,15-16H2,1-4H3,(H,30,31,32). The number of carbonyl (C=O) groups is 2. The normalized spacial score (nSPS) is 17.8. The van der Waals surface area contributed by atoms with E-state index in [0.717, 1.165) is 24.2 Å². The highest BCUT2D eigenvalue weighted by Crippen LogP contribution is 2.37. The summed E-state index contributed by atoms with van der Waals surface area (Å²) in [5.41, 5.74) is 2.27. The number of halogens is 2. The molecule has 1 aromatic heterocycles. The van der Waals surface area contributed by atoms with Crippen molar-refractivity contribution >= 4 is 59.5 Å². The van der Waals surface area contributed by atoms with E-state index < -0.39 is 0 Å². The number of nitrogens with zero attached hydrogens (tertiary/aromatic N) is 4. The van der Waals surface area contributed by atoms with Crippen LogP contribution < -0.4 is 5.32 Å². The van der Waals surface area contributed by atoms with Gasteiger partial charge in [-0.1, -0.05) is 32.7 Å². The number of carbonyl (C=O) groups excluding carboxylic acids is 2. The SMILES string of the molecule is CN(C(=O)CN1C(=O)c2cc(-c3nc(NC4CCOCC4)ncc3Cl)ccc2C1COCCSI)C(C)(C)C. The van der Waals surface area contributed by atoms with Gasteiger partial charge in [0.25, 0.3) is 5.91 Å². The van der Waals surface area contributed by atoms with Gasteiger partial charge in [0.15, 0.2) is 0 Å². The van der Waals surface area contributed by atoms with Crippen molar-refractivity contribution in [3.05, 3.63) is 40.5 Å². The number of anilines is 1. The van der Waals surface area contributed by atoms with Gasteiger partial charge in [0.2, 0.25) is 11.9 Å². The van der Waals surface area contributed by atoms with Crippen LogP contribution >= 0.6 is 41.7 Å². The molecule has 1 N–H and O–H groups in total. The smallest absolute Gasteiger partial charge is 0.255 e. The van der Waals surface area contributed by atoms with Gasteiger partial charge in [0.1, 0.15) is 6.54 Å². The highest BCUT2D eigenvalue weighted by molar-refractivity contribution is 14.2. The molecular weight excluding hydrogens is 653 g/mol. The minimum Gasteiger partial charge on any atom is -0.381 e. The second-order valence-electron chi connectivity index (χ2n) is 10.7. The molecule has 39 heavy (non-hydrogen) atoms. The lowest BCUT2D eigenvalue weighted by molar-refractivity contribution is -0.135. The quantitative estimate of drug-likeness (QED) is 0.268. The Bertz CT molecular complexity index is 1190. The van der Waals surface area contributed by atoms with Crippen LogP contribution in [0, 0.1) is 0 Å². The van der Waals surface area contributed by atoms with E-state index in [9.17, 15) is 9.59 Å². The lowest BCUT2D eigenvalue weighted by Gasteiger charge is -2.34. The minimum absolute atomic E-state index is 0.0287. The average Bonchev–Trinajstić information content (AvgIpc) is 3.17. The summed E-state index contributed by atoms with van der Waals surface area (Å²) in [5, 5.41) is 3.77. The van der Waals surface area contributed by atoms with Crippen LogP contribution in [0.2, 0.25) is 5.02 Å². The molecule has 0 radical (unpaired) electrons. The number of ether oxygens (including phenoxy) is 2. The van der Waals surface area contributed by atoms with Crippen LogP contribution in [0.1, 0.15) is 55.6 Å². The van der Waals surface area contributed by atoms with E-state index in [1.54, 1.807) is 32.0 Å². The fourth-order valence-corrected chi connectivity index (χ4v) is 5.50. The number of nitrogens with one attached hydrogen (secondary N) is 1. The maximum atomic E-state index is 13.7. The molecule has 0 bridgehead atoms. The molecule has 1 atom stereocenters. The molecule has 12 heteroatoms. The van der Waals surface area contributed by atoms with Gasteiger partial charge in [0.05, 0.1) is 36.2 Å². The van der Waals surface area contributed by atoms with Gasteiger partial charge >= 0.3 is 0 Å². The zero-order chi connectivity index (χ0) is 28.2. The zero-order valence-corrected chi connectivity index (χ0v) is 26.4. The maximum absolute atomic E-state index is 13.7. The molecule has 1 unspecified atom stereocenters. The summed E-state index contributed by atoms with van der Waals surface area (Å²) in [6, 6.07) is 5.53. The number of fused-ring (bicyclic) bond motifs is 1. The van der Waals surface area contributed by atoms with Gasteiger partial charge in [-0.05, 0) is 66.4 Å². The van der Waals surface area contributed by atoms with Crippen LogP contribution in [0.5, 0.6) is 0 Å². The average molecular weight is 688 g/mol. The summed E-state index contributed by atoms with van der Waals surface area (Å²) < 4.78 is 11.4. The number of likely N-dealkylation sites (N-methyl/N-ethyl adjacent to an activating group) is 1. The molecule has 3 heterocycles. The Hall–Kier alpha value is -1.67. The molecule has 2 aliphatic heterocycles. The van der Waals surface area contributed by atoms with E-state index in [1.807, 2.05) is 39.0 Å². The fraction of sp³-hybridized carbons (Fsp3) is 0.556. The largest absolute Gasteiger partial charge is 0.381 e. The molecule has 9 nitrogen and oxygen atoms in total. The first-order valence-electron chi connectivity index (χ1n) is 13.0. The van der Waals surface area contributed by atoms with Crippen LogP contribution in [0.25, 0.3) is 11.3 Å². The monoisotopic (exact) mass is 687 g/mol. The molecule has 2 aliphatic rings. The molecule has 212 valence electrons. The third-order valence-corrected chi connectivity index (χ3v) is 9.04. The molecule has 4 rings (SSSR count). The van der Waals surface area contributed by atoms with Gasteiger partial charge in [-0.3, -0.25) is 9.59 Å². The van der Waals surface area contributed by atoms with Crippen molar-refractivity contribution in [2.75, 3.05) is 51.1 Å². The first-order valence-corrected chi connectivity index (χ1v) is 16.9. The summed E-state index contributed by atoms with van der Waals surface area (Å²) in [5.74, 6) is 1.00. The number of rotatable bonds is 10. The third kappa shape index (κ3) is 7.35. The zero-order valence-electron chi connectivity index (χ0n) is 22.7. The topological polar surface area (TPSA) is 96.9 Å². The van der Waals surface area contributed by atoms with Gasteiger partial charge < -0.3 is 24.6 Å². The summed E-state index contributed by atoms with van der Waals surface area (Å²) in [4.78, 5) is 39.2. The highest BCUT2D eigenvalue weighted by atomic mass is 127. The van der Waals surface area contributed by atoms with Crippen molar-refractivity contribution in [2.24, 2.45) is 0 Å². The molecule has 1 aromatic carbocycles.